The number of aromatic nitrogens is 3. The Labute approximate surface area is 132 Å². The number of H-pyrrole nitrogens is 1. The summed E-state index contributed by atoms with van der Waals surface area (Å²) in [5.41, 5.74) is 0.910. The molecule has 6 heteroatoms. The van der Waals surface area contributed by atoms with Crippen molar-refractivity contribution in [3.05, 3.63) is 64.3 Å². The van der Waals surface area contributed by atoms with Crippen molar-refractivity contribution in [3.63, 3.8) is 0 Å². The Balaban J connectivity index is 1.79. The zero-order valence-corrected chi connectivity index (χ0v) is 12.6. The monoisotopic (exact) mass is 309 g/mol. The molecule has 0 fully saturated rings. The molecule has 0 spiro atoms. The van der Waals surface area contributed by atoms with Crippen molar-refractivity contribution in [2.75, 3.05) is 7.11 Å². The third-order valence-corrected chi connectivity index (χ3v) is 3.52. The maximum Gasteiger partial charge on any atom is 0.260 e. The molecule has 2 heterocycles. The van der Waals surface area contributed by atoms with Crippen LogP contribution >= 0.6 is 0 Å². The lowest BCUT2D eigenvalue weighted by Crippen LogP contribution is -2.16. The molecule has 0 aliphatic heterocycles. The first-order chi connectivity index (χ1) is 11.2. The molecule has 3 aromatic rings. The summed E-state index contributed by atoms with van der Waals surface area (Å²) in [5, 5.41) is 0.372. The predicted molar refractivity (Wildman–Crippen MR) is 85.8 cm³/mol. The Morgan fingerprint density at radius 1 is 1.26 bits per heavy atom. The van der Waals surface area contributed by atoms with Crippen LogP contribution < -0.4 is 10.3 Å². The minimum atomic E-state index is -0.354. The van der Waals surface area contributed by atoms with Crippen LogP contribution in [0.15, 0.2) is 47.4 Å². The van der Waals surface area contributed by atoms with Crippen LogP contribution in [0.5, 0.6) is 5.75 Å². The molecule has 0 saturated carbocycles. The van der Waals surface area contributed by atoms with Crippen molar-refractivity contribution in [1.82, 2.24) is 15.0 Å². The second-order valence-electron chi connectivity index (χ2n) is 5.06. The van der Waals surface area contributed by atoms with E-state index in [0.717, 1.165) is 11.3 Å². The minimum Gasteiger partial charge on any atom is -0.497 e. The highest BCUT2D eigenvalue weighted by molar-refractivity contribution is 5.94. The summed E-state index contributed by atoms with van der Waals surface area (Å²) in [6.45, 7) is 0. The molecule has 0 bridgehead atoms. The first kappa shape index (κ1) is 14.9. The van der Waals surface area contributed by atoms with Crippen LogP contribution in [0.3, 0.4) is 0 Å². The van der Waals surface area contributed by atoms with Gasteiger partial charge in [-0.3, -0.25) is 9.59 Å². The van der Waals surface area contributed by atoms with Gasteiger partial charge in [0, 0.05) is 12.6 Å². The van der Waals surface area contributed by atoms with Gasteiger partial charge in [0.15, 0.2) is 17.3 Å². The Morgan fingerprint density at radius 3 is 2.96 bits per heavy atom. The van der Waals surface area contributed by atoms with E-state index in [4.69, 9.17) is 4.74 Å². The Kier molecular flexibility index (Phi) is 4.14. The van der Waals surface area contributed by atoms with E-state index in [1.54, 1.807) is 25.4 Å². The highest BCUT2D eigenvalue weighted by atomic mass is 16.5. The molecule has 0 aliphatic rings. The number of nitrogens with zero attached hydrogens (tertiary/aromatic N) is 2. The number of rotatable bonds is 5. The second kappa shape index (κ2) is 6.39. The third-order valence-electron chi connectivity index (χ3n) is 3.52. The van der Waals surface area contributed by atoms with E-state index in [1.165, 1.54) is 0 Å². The molecule has 116 valence electrons. The number of fused-ring (bicyclic) bond motifs is 1. The number of carbonyl (C=O) groups excluding carboxylic acids is 1. The van der Waals surface area contributed by atoms with Crippen molar-refractivity contribution >= 4 is 16.8 Å². The topological polar surface area (TPSA) is 84.9 Å². The fraction of sp³-hybridized carbons (Fsp3) is 0.176. The summed E-state index contributed by atoms with van der Waals surface area (Å²) in [5.74, 6) is 0.568. The fourth-order valence-corrected chi connectivity index (χ4v) is 2.31. The maximum atomic E-state index is 12.3. The van der Waals surface area contributed by atoms with Gasteiger partial charge in [0.05, 0.1) is 12.5 Å². The molecule has 0 atom stereocenters. The van der Waals surface area contributed by atoms with E-state index in [-0.39, 0.29) is 29.2 Å². The summed E-state index contributed by atoms with van der Waals surface area (Å²) in [4.78, 5) is 34.9. The molecule has 3 rings (SSSR count). The van der Waals surface area contributed by atoms with Crippen molar-refractivity contribution in [2.24, 2.45) is 0 Å². The zero-order chi connectivity index (χ0) is 16.2. The van der Waals surface area contributed by atoms with Crippen molar-refractivity contribution in [2.45, 2.75) is 12.8 Å². The van der Waals surface area contributed by atoms with Crippen LogP contribution in [0, 0.1) is 0 Å². The first-order valence-electron chi connectivity index (χ1n) is 7.18. The number of Topliss-reactive ketones (excluding diaryl/α,β-unsaturated/α-hetero) is 1. The number of ether oxygens (including phenoxy) is 1. The van der Waals surface area contributed by atoms with Gasteiger partial charge in [0.25, 0.3) is 5.56 Å². The first-order valence-corrected chi connectivity index (χ1v) is 7.18. The maximum absolute atomic E-state index is 12.3. The van der Waals surface area contributed by atoms with E-state index >= 15 is 0 Å². The Morgan fingerprint density at radius 2 is 2.13 bits per heavy atom. The number of pyridine rings is 1. The van der Waals surface area contributed by atoms with Gasteiger partial charge in [-0.25, -0.2) is 9.97 Å². The molecule has 6 nitrogen and oxygen atoms in total. The van der Waals surface area contributed by atoms with E-state index in [2.05, 4.69) is 15.0 Å². The van der Waals surface area contributed by atoms with Gasteiger partial charge in [0.1, 0.15) is 5.75 Å². The fourth-order valence-electron chi connectivity index (χ4n) is 2.31. The molecule has 0 unspecified atom stereocenters. The Hall–Kier alpha value is -3.02. The molecule has 0 amide bonds. The lowest BCUT2D eigenvalue weighted by Gasteiger charge is -2.04. The number of aryl methyl sites for hydroxylation is 1. The van der Waals surface area contributed by atoms with Gasteiger partial charge in [0.2, 0.25) is 0 Å². The highest BCUT2D eigenvalue weighted by Crippen LogP contribution is 2.14. The summed E-state index contributed by atoms with van der Waals surface area (Å²) in [7, 11) is 1.60. The lowest BCUT2D eigenvalue weighted by atomic mass is 10.1. The molecular weight excluding hydrogens is 294 g/mol. The Bertz CT molecular complexity index is 918. The molecule has 1 N–H and O–H groups in total. The number of benzene rings is 1. The van der Waals surface area contributed by atoms with E-state index in [0.29, 0.717) is 11.8 Å². The van der Waals surface area contributed by atoms with Gasteiger partial charge in [-0.1, -0.05) is 12.1 Å². The van der Waals surface area contributed by atoms with Crippen molar-refractivity contribution < 1.29 is 9.53 Å². The zero-order valence-electron chi connectivity index (χ0n) is 12.6. The van der Waals surface area contributed by atoms with Crippen LogP contribution in [-0.2, 0) is 6.42 Å². The number of nitrogens with one attached hydrogen (secondary N) is 1. The SMILES string of the molecule is COc1cccc(CCC(=O)c2nc3ncccc3c(=O)[nH]2)c1. The number of hydrogen-bond donors (Lipinski definition) is 1. The number of hydrogen-bond acceptors (Lipinski definition) is 5. The largest absolute Gasteiger partial charge is 0.497 e. The van der Waals surface area contributed by atoms with Gasteiger partial charge >= 0.3 is 0 Å². The molecular formula is C17H15N3O3. The van der Waals surface area contributed by atoms with Crippen LogP contribution in [0.4, 0.5) is 0 Å². The van der Waals surface area contributed by atoms with Crippen LogP contribution in [0.1, 0.15) is 22.6 Å². The summed E-state index contributed by atoms with van der Waals surface area (Å²) in [6.07, 6.45) is 2.33. The number of ketones is 1. The van der Waals surface area contributed by atoms with E-state index in [9.17, 15) is 9.59 Å². The lowest BCUT2D eigenvalue weighted by molar-refractivity contribution is 0.0973. The smallest absolute Gasteiger partial charge is 0.260 e. The summed E-state index contributed by atoms with van der Waals surface area (Å²) in [6, 6.07) is 10.8. The highest BCUT2D eigenvalue weighted by Gasteiger charge is 2.12. The predicted octanol–water partition coefficient (Wildman–Crippen LogP) is 2.14. The molecule has 1 aromatic carbocycles. The van der Waals surface area contributed by atoms with Crippen LogP contribution in [0.2, 0.25) is 0 Å². The van der Waals surface area contributed by atoms with Crippen LogP contribution in [0.25, 0.3) is 11.0 Å². The normalized spacial score (nSPS) is 10.7. The second-order valence-corrected chi connectivity index (χ2v) is 5.06. The third kappa shape index (κ3) is 3.26. The minimum absolute atomic E-state index is 0.0455. The van der Waals surface area contributed by atoms with Crippen LogP contribution in [-0.4, -0.2) is 27.8 Å². The number of methoxy groups -OCH3 is 1. The van der Waals surface area contributed by atoms with Crippen molar-refractivity contribution in [1.29, 1.82) is 0 Å². The van der Waals surface area contributed by atoms with Gasteiger partial charge in [-0.2, -0.15) is 0 Å². The van der Waals surface area contributed by atoms with Gasteiger partial charge < -0.3 is 9.72 Å². The summed E-state index contributed by atoms with van der Waals surface area (Å²) >= 11 is 0. The molecule has 23 heavy (non-hydrogen) atoms. The molecule has 0 radical (unpaired) electrons. The van der Waals surface area contributed by atoms with Gasteiger partial charge in [-0.15, -0.1) is 0 Å². The quantitative estimate of drug-likeness (QED) is 0.730. The van der Waals surface area contributed by atoms with E-state index < -0.39 is 0 Å². The molecule has 0 saturated heterocycles. The standard InChI is InChI=1S/C17H15N3O3/c1-23-12-5-2-4-11(10-12)7-8-14(21)16-19-15-13(17(22)20-16)6-3-9-18-15/h2-6,9-10H,7-8H2,1H3,(H,18,19,20,22). The molecule has 0 aliphatic carbocycles. The number of aromatic amines is 1. The van der Waals surface area contributed by atoms with Crippen molar-refractivity contribution in [3.8, 4) is 5.75 Å². The average Bonchev–Trinajstić information content (AvgIpc) is 2.60. The number of carbonyl (C=O) groups is 1. The summed E-state index contributed by atoms with van der Waals surface area (Å²) < 4.78 is 5.16. The average molecular weight is 309 g/mol. The van der Waals surface area contributed by atoms with Gasteiger partial charge in [-0.05, 0) is 36.2 Å². The molecule has 2 aromatic heterocycles. The van der Waals surface area contributed by atoms with E-state index in [1.807, 2.05) is 24.3 Å².